The minimum absolute atomic E-state index is 0.00261. The third-order valence-corrected chi connectivity index (χ3v) is 28.0. The summed E-state index contributed by atoms with van der Waals surface area (Å²) in [6.45, 7) is 5.90. The van der Waals surface area contributed by atoms with Crippen LogP contribution in [0.5, 0.6) is 0 Å². The number of fused-ring (bicyclic) bond motifs is 1. The molecule has 0 spiro atoms. The standard InChI is InChI=1S/C22H26ClNO.C19H23NS2.C18H23NS.C16H23NO2/c1-14-2-4-19(20(23)6-14)21-5-3-18(25-21)13-24-22-10-15-7-16(11-22)9-17(8-15)12-22;1-2-17(21-5-1)18-4-3-16(22-18)12-20-19-9-13-6-14(10-19)8-15(7-13)11-19;1-2-20-17-7-15(6-16(1)17)11-19-18-8-12-3-13(9-18)5-14(4-12)10-18;18-10-15-2-1-14(19-15)9-17-16-6-11-3-12(7-16)5-13(4-11)8-16/h2-6,15-17,24H,7-13H2,1H3;1-5,13-15,20H,6-12H2;1-2,7,12-14,19H,3-6,8-11H2;1-2,11-13,17-18H,3-10H2. The van der Waals surface area contributed by atoms with Crippen molar-refractivity contribution in [3.8, 4) is 21.1 Å². The normalized spacial score (nSPS) is 37.2. The van der Waals surface area contributed by atoms with Gasteiger partial charge in [-0.3, -0.25) is 0 Å². The summed E-state index contributed by atoms with van der Waals surface area (Å²) in [7, 11) is 0. The Bertz CT molecular complexity index is 3220. The molecule has 11 heteroatoms. The van der Waals surface area contributed by atoms with Crippen molar-refractivity contribution in [3.05, 3.63) is 132 Å². The molecule has 7 nitrogen and oxygen atoms in total. The van der Waals surface area contributed by atoms with E-state index in [0.29, 0.717) is 27.9 Å². The van der Waals surface area contributed by atoms with Gasteiger partial charge in [-0.25, -0.2) is 0 Å². The Morgan fingerprint density at radius 1 is 0.477 bits per heavy atom. The molecule has 0 radical (unpaired) electrons. The van der Waals surface area contributed by atoms with Crippen LogP contribution in [0.2, 0.25) is 5.02 Å². The van der Waals surface area contributed by atoms with Gasteiger partial charge in [-0.15, -0.1) is 34.0 Å². The largest absolute Gasteiger partial charge is 0.462 e. The fourth-order valence-corrected chi connectivity index (χ4v) is 25.7. The topological polar surface area (TPSA) is 94.6 Å². The molecule has 16 saturated carbocycles. The van der Waals surface area contributed by atoms with Crippen LogP contribution < -0.4 is 21.3 Å². The molecule has 17 aliphatic rings. The Kier molecular flexibility index (Phi) is 16.0. The Morgan fingerprint density at radius 3 is 1.40 bits per heavy atom. The number of hydrogen-bond acceptors (Lipinski definition) is 10. The summed E-state index contributed by atoms with van der Waals surface area (Å²) in [4.78, 5) is 5.84. The lowest BCUT2D eigenvalue weighted by Crippen LogP contribution is -2.58. The first kappa shape index (κ1) is 57.8. The van der Waals surface area contributed by atoms with E-state index in [4.69, 9.17) is 25.5 Å². The van der Waals surface area contributed by atoms with Crippen LogP contribution in [0.1, 0.15) is 192 Å². The predicted octanol–water partition coefficient (Wildman–Crippen LogP) is 18.6. The number of halogens is 1. The molecule has 1 aromatic carbocycles. The summed E-state index contributed by atoms with van der Waals surface area (Å²) in [5.41, 5.74) is 7.09. The van der Waals surface area contributed by atoms with Gasteiger partial charge in [0.15, 0.2) is 0 Å². The SMILES string of the molecule is C1=C(CNC23CC4CC(CC(C4)C2)C3)Cc2ccsc21.Cc1ccc(-c2ccc(CNC34CC5CC(CC(C5)C3)C4)o2)c(Cl)c1.OCc1ccc(CNC23CC4CC(CC(C4)C2)C3)o1.c1csc(-c2ccc(CNC34CC5CC(CC(C5)C3)C4)s2)c1. The molecular weight excluding hydrogens is 1140 g/mol. The first-order chi connectivity index (χ1) is 41.9. The van der Waals surface area contributed by atoms with Gasteiger partial charge < -0.3 is 35.2 Å². The fourth-order valence-electron chi connectivity index (χ4n) is 22.7. The van der Waals surface area contributed by atoms with Crippen molar-refractivity contribution in [2.75, 3.05) is 6.54 Å². The van der Waals surface area contributed by atoms with Crippen LogP contribution in [0.3, 0.4) is 0 Å². The minimum atomic E-state index is -0.00261. The van der Waals surface area contributed by atoms with E-state index in [1.165, 1.54) is 166 Å². The van der Waals surface area contributed by atoms with Crippen molar-refractivity contribution >= 4 is 51.7 Å². The number of hydrogen-bond donors (Lipinski definition) is 5. The van der Waals surface area contributed by atoms with Gasteiger partial charge >= 0.3 is 0 Å². The predicted molar refractivity (Wildman–Crippen MR) is 354 cm³/mol. The van der Waals surface area contributed by atoms with E-state index < -0.39 is 0 Å². The monoisotopic (exact) mass is 1230 g/mol. The van der Waals surface area contributed by atoms with E-state index in [-0.39, 0.29) is 6.61 Å². The zero-order valence-corrected chi connectivity index (χ0v) is 54.4. The number of aliphatic hydroxyl groups is 1. The summed E-state index contributed by atoms with van der Waals surface area (Å²) in [5.74, 6) is 15.6. The summed E-state index contributed by atoms with van der Waals surface area (Å²) < 4.78 is 11.7. The van der Waals surface area contributed by atoms with E-state index in [0.717, 1.165) is 125 Å². The number of aryl methyl sites for hydroxylation is 1. The molecule has 5 heterocycles. The molecule has 0 atom stereocenters. The highest BCUT2D eigenvalue weighted by atomic mass is 35.5. The summed E-state index contributed by atoms with van der Waals surface area (Å²) in [5, 5.41) is 29.9. The van der Waals surface area contributed by atoms with Crippen LogP contribution in [0.4, 0.5) is 0 Å². The molecule has 16 bridgehead atoms. The van der Waals surface area contributed by atoms with Crippen LogP contribution in [0.25, 0.3) is 27.2 Å². The summed E-state index contributed by atoms with van der Waals surface area (Å²) in [6.07, 6.45) is 38.7. The quantitative estimate of drug-likeness (QED) is 0.0699. The Labute approximate surface area is 530 Å². The molecule has 0 amide bonds. The van der Waals surface area contributed by atoms with Gasteiger partial charge in [0.1, 0.15) is 29.6 Å². The number of rotatable bonds is 15. The Morgan fingerprint density at radius 2 is 0.942 bits per heavy atom. The second-order valence-electron chi connectivity index (χ2n) is 31.5. The van der Waals surface area contributed by atoms with Crippen LogP contribution in [0, 0.1) is 77.9 Å². The van der Waals surface area contributed by atoms with E-state index in [1.54, 1.807) is 30.4 Å². The van der Waals surface area contributed by atoms with Crippen molar-refractivity contribution in [3.63, 3.8) is 0 Å². The molecule has 458 valence electrons. The first-order valence-corrected chi connectivity index (χ1v) is 37.3. The van der Waals surface area contributed by atoms with E-state index in [2.05, 4.69) is 87.5 Å². The second-order valence-corrected chi connectivity index (χ2v) is 35.0. The Balaban J connectivity index is 0.0000000935. The highest BCUT2D eigenvalue weighted by molar-refractivity contribution is 7.21. The van der Waals surface area contributed by atoms with Crippen molar-refractivity contribution in [1.82, 2.24) is 21.3 Å². The fraction of sp³-hybridized carbons (Fsp3) is 0.627. The summed E-state index contributed by atoms with van der Waals surface area (Å²) in [6, 6.07) is 25.4. The minimum Gasteiger partial charge on any atom is -0.462 e. The molecule has 0 saturated heterocycles. The molecule has 86 heavy (non-hydrogen) atoms. The highest BCUT2D eigenvalue weighted by Gasteiger charge is 2.54. The molecule has 23 rings (SSSR count). The number of aliphatic hydroxyl groups excluding tert-OH is 1. The highest BCUT2D eigenvalue weighted by Crippen LogP contribution is 2.59. The maximum Gasteiger partial charge on any atom is 0.135 e. The van der Waals surface area contributed by atoms with E-state index in [1.807, 2.05) is 64.3 Å². The van der Waals surface area contributed by atoms with Crippen molar-refractivity contribution in [1.29, 1.82) is 0 Å². The molecule has 17 aliphatic carbocycles. The second kappa shape index (κ2) is 23.7. The molecule has 0 aliphatic heterocycles. The number of furan rings is 2. The lowest BCUT2D eigenvalue weighted by Gasteiger charge is -2.57. The van der Waals surface area contributed by atoms with Crippen molar-refractivity contribution < 1.29 is 13.9 Å². The molecule has 16 fully saturated rings. The van der Waals surface area contributed by atoms with Crippen LogP contribution in [0.15, 0.2) is 98.0 Å². The lowest BCUT2D eigenvalue weighted by atomic mass is 9.53. The molecule has 5 aromatic heterocycles. The van der Waals surface area contributed by atoms with Gasteiger partial charge in [0.05, 0.1) is 18.1 Å². The van der Waals surface area contributed by atoms with Crippen molar-refractivity contribution in [2.45, 2.75) is 216 Å². The molecule has 0 unspecified atom stereocenters. The first-order valence-electron chi connectivity index (χ1n) is 34.3. The third-order valence-electron chi connectivity index (χ3n) is 24.6. The zero-order chi connectivity index (χ0) is 57.6. The van der Waals surface area contributed by atoms with Gasteiger partial charge in [-0.05, 0) is 327 Å². The third kappa shape index (κ3) is 12.4. The number of benzene rings is 1. The van der Waals surface area contributed by atoms with Crippen LogP contribution in [-0.4, -0.2) is 33.8 Å². The van der Waals surface area contributed by atoms with Gasteiger partial charge in [0.2, 0.25) is 0 Å². The maximum absolute atomic E-state index is 9.03. The smallest absolute Gasteiger partial charge is 0.135 e. The maximum atomic E-state index is 9.03. The number of thiophene rings is 3. The lowest BCUT2D eigenvalue weighted by molar-refractivity contribution is -0.0215. The van der Waals surface area contributed by atoms with Crippen LogP contribution in [-0.2, 0) is 32.7 Å². The van der Waals surface area contributed by atoms with E-state index >= 15 is 0 Å². The average molecular weight is 1230 g/mol. The number of nitrogens with one attached hydrogen (secondary N) is 4. The van der Waals surface area contributed by atoms with Gasteiger partial charge in [-0.2, -0.15) is 0 Å². The molecule has 6 aromatic rings. The van der Waals surface area contributed by atoms with Crippen LogP contribution >= 0.6 is 45.6 Å². The average Bonchev–Trinajstić information content (AvgIpc) is 1.49. The van der Waals surface area contributed by atoms with Gasteiger partial charge in [-0.1, -0.05) is 29.3 Å². The van der Waals surface area contributed by atoms with E-state index in [9.17, 15) is 0 Å². The zero-order valence-electron chi connectivity index (χ0n) is 51.2. The summed E-state index contributed by atoms with van der Waals surface area (Å²) >= 11 is 12.1. The van der Waals surface area contributed by atoms with Gasteiger partial charge in [0, 0.05) is 60.3 Å². The van der Waals surface area contributed by atoms with Gasteiger partial charge in [0.25, 0.3) is 0 Å². The van der Waals surface area contributed by atoms with Crippen molar-refractivity contribution in [2.24, 2.45) is 71.0 Å². The molecule has 5 N–H and O–H groups in total. The molecular formula is C75H95ClN4O3S3. The Hall–Kier alpha value is -3.29.